The molecule has 0 unspecified atom stereocenters. The van der Waals surface area contributed by atoms with Crippen molar-refractivity contribution < 1.29 is 14.8 Å². The van der Waals surface area contributed by atoms with Crippen LogP contribution in [-0.2, 0) is 11.2 Å². The van der Waals surface area contributed by atoms with Gasteiger partial charge in [0, 0.05) is 25.1 Å². The van der Waals surface area contributed by atoms with Crippen molar-refractivity contribution >= 4 is 11.6 Å². The number of aryl methyl sites for hydroxylation is 1. The van der Waals surface area contributed by atoms with E-state index >= 15 is 0 Å². The van der Waals surface area contributed by atoms with E-state index in [9.17, 15) is 20.0 Å². The molecule has 0 saturated heterocycles. The fraction of sp³-hybridized carbons (Fsp3) is 0.588. The molecule has 126 valence electrons. The van der Waals surface area contributed by atoms with Crippen molar-refractivity contribution in [3.63, 3.8) is 0 Å². The van der Waals surface area contributed by atoms with Crippen LogP contribution in [0.2, 0.25) is 0 Å². The summed E-state index contributed by atoms with van der Waals surface area (Å²) in [5, 5.41) is 24.0. The number of hydrogen-bond donors (Lipinski definition) is 2. The van der Waals surface area contributed by atoms with Gasteiger partial charge in [-0.15, -0.1) is 0 Å². The maximum Gasteiger partial charge on any atom is 0.269 e. The SMILES string of the molecule is O=C(CCc1cccc([N+](=O)[O-])c1)NCC1(O)CCCCCC1. The lowest BCUT2D eigenvalue weighted by atomic mass is 9.94. The van der Waals surface area contributed by atoms with Crippen LogP contribution in [0.1, 0.15) is 50.5 Å². The third-order valence-corrected chi connectivity index (χ3v) is 4.41. The summed E-state index contributed by atoms with van der Waals surface area (Å²) in [6.45, 7) is 0.292. The summed E-state index contributed by atoms with van der Waals surface area (Å²) >= 11 is 0. The molecule has 0 aliphatic heterocycles. The van der Waals surface area contributed by atoms with Crippen LogP contribution in [0.15, 0.2) is 24.3 Å². The van der Waals surface area contributed by atoms with Crippen LogP contribution in [0.5, 0.6) is 0 Å². The highest BCUT2D eigenvalue weighted by molar-refractivity contribution is 5.76. The highest BCUT2D eigenvalue weighted by Crippen LogP contribution is 2.26. The monoisotopic (exact) mass is 320 g/mol. The molecule has 0 heterocycles. The van der Waals surface area contributed by atoms with E-state index in [1.165, 1.54) is 12.1 Å². The molecule has 0 atom stereocenters. The van der Waals surface area contributed by atoms with E-state index in [1.807, 2.05) is 0 Å². The lowest BCUT2D eigenvalue weighted by Gasteiger charge is -2.26. The van der Waals surface area contributed by atoms with E-state index in [4.69, 9.17) is 0 Å². The lowest BCUT2D eigenvalue weighted by molar-refractivity contribution is -0.384. The van der Waals surface area contributed by atoms with Crippen molar-refractivity contribution in [3.8, 4) is 0 Å². The van der Waals surface area contributed by atoms with E-state index in [0.29, 0.717) is 13.0 Å². The minimum Gasteiger partial charge on any atom is -0.388 e. The normalized spacial score (nSPS) is 17.3. The Bertz CT molecular complexity index is 551. The van der Waals surface area contributed by atoms with Gasteiger partial charge in [-0.3, -0.25) is 14.9 Å². The Morgan fingerprint density at radius 2 is 1.96 bits per heavy atom. The Labute approximate surface area is 136 Å². The Morgan fingerprint density at radius 3 is 2.61 bits per heavy atom. The topological polar surface area (TPSA) is 92.5 Å². The molecule has 0 aromatic heterocycles. The second-order valence-electron chi connectivity index (χ2n) is 6.34. The molecule has 0 bridgehead atoms. The number of nitrogens with one attached hydrogen (secondary N) is 1. The zero-order valence-electron chi connectivity index (χ0n) is 13.3. The summed E-state index contributed by atoms with van der Waals surface area (Å²) in [6, 6.07) is 6.33. The first kappa shape index (κ1) is 17.4. The molecular formula is C17H24N2O4. The zero-order valence-corrected chi connectivity index (χ0v) is 13.3. The van der Waals surface area contributed by atoms with Crippen molar-refractivity contribution in [1.29, 1.82) is 0 Å². The van der Waals surface area contributed by atoms with Crippen molar-refractivity contribution in [3.05, 3.63) is 39.9 Å². The number of nitrogens with zero attached hydrogens (tertiary/aromatic N) is 1. The number of carbonyl (C=O) groups is 1. The highest BCUT2D eigenvalue weighted by atomic mass is 16.6. The Morgan fingerprint density at radius 1 is 1.26 bits per heavy atom. The molecule has 23 heavy (non-hydrogen) atoms. The summed E-state index contributed by atoms with van der Waals surface area (Å²) in [5.41, 5.74) is 0.0238. The van der Waals surface area contributed by atoms with Gasteiger partial charge in [0.15, 0.2) is 0 Å². The lowest BCUT2D eigenvalue weighted by Crippen LogP contribution is -2.42. The fourth-order valence-electron chi connectivity index (χ4n) is 3.00. The fourth-order valence-corrected chi connectivity index (χ4v) is 3.00. The number of non-ortho nitro benzene ring substituents is 1. The molecule has 1 fully saturated rings. The number of rotatable bonds is 6. The van der Waals surface area contributed by atoms with Gasteiger partial charge in [0.25, 0.3) is 5.69 Å². The van der Waals surface area contributed by atoms with Crippen LogP contribution in [0.3, 0.4) is 0 Å². The minimum absolute atomic E-state index is 0.0377. The van der Waals surface area contributed by atoms with E-state index in [2.05, 4.69) is 5.32 Å². The number of benzene rings is 1. The average molecular weight is 320 g/mol. The molecule has 6 heteroatoms. The van der Waals surface area contributed by atoms with Gasteiger partial charge in [0.05, 0.1) is 10.5 Å². The summed E-state index contributed by atoms with van der Waals surface area (Å²) in [6.07, 6.45) is 6.46. The minimum atomic E-state index is -0.780. The molecule has 0 spiro atoms. The molecule has 1 aliphatic carbocycles. The number of carbonyl (C=O) groups excluding carboxylic acids is 1. The highest BCUT2D eigenvalue weighted by Gasteiger charge is 2.28. The Kier molecular flexibility index (Phi) is 6.10. The van der Waals surface area contributed by atoms with Crippen LogP contribution < -0.4 is 5.32 Å². The van der Waals surface area contributed by atoms with Gasteiger partial charge >= 0.3 is 0 Å². The van der Waals surface area contributed by atoms with E-state index < -0.39 is 10.5 Å². The molecule has 6 nitrogen and oxygen atoms in total. The summed E-state index contributed by atoms with van der Waals surface area (Å²) in [7, 11) is 0. The molecule has 1 aromatic rings. The van der Waals surface area contributed by atoms with E-state index in [-0.39, 0.29) is 18.0 Å². The second-order valence-corrected chi connectivity index (χ2v) is 6.34. The Hall–Kier alpha value is -1.95. The molecule has 1 aromatic carbocycles. The van der Waals surface area contributed by atoms with Crippen molar-refractivity contribution in [1.82, 2.24) is 5.32 Å². The van der Waals surface area contributed by atoms with Crippen molar-refractivity contribution in [2.24, 2.45) is 0 Å². The van der Waals surface area contributed by atoms with Gasteiger partial charge in [-0.1, -0.05) is 37.8 Å². The molecule has 1 saturated carbocycles. The first-order valence-electron chi connectivity index (χ1n) is 8.21. The number of amides is 1. The summed E-state index contributed by atoms with van der Waals surface area (Å²) in [5.74, 6) is -0.130. The average Bonchev–Trinajstić information content (AvgIpc) is 2.76. The number of aliphatic hydroxyl groups is 1. The summed E-state index contributed by atoms with van der Waals surface area (Å²) < 4.78 is 0. The molecule has 1 amide bonds. The smallest absolute Gasteiger partial charge is 0.269 e. The quantitative estimate of drug-likeness (QED) is 0.479. The van der Waals surface area contributed by atoms with Gasteiger partial charge in [-0.05, 0) is 24.8 Å². The van der Waals surface area contributed by atoms with Crippen LogP contribution >= 0.6 is 0 Å². The molecule has 0 radical (unpaired) electrons. The molecule has 2 N–H and O–H groups in total. The maximum atomic E-state index is 11.9. The zero-order chi connectivity index (χ0) is 16.7. The van der Waals surface area contributed by atoms with Gasteiger partial charge in [-0.2, -0.15) is 0 Å². The third-order valence-electron chi connectivity index (χ3n) is 4.41. The first-order chi connectivity index (χ1) is 11.0. The van der Waals surface area contributed by atoms with Crippen LogP contribution in [-0.4, -0.2) is 28.1 Å². The summed E-state index contributed by atoms with van der Waals surface area (Å²) in [4.78, 5) is 22.2. The van der Waals surface area contributed by atoms with E-state index in [0.717, 1.165) is 44.1 Å². The van der Waals surface area contributed by atoms with Crippen LogP contribution in [0, 0.1) is 10.1 Å². The molecule has 1 aliphatic rings. The molecular weight excluding hydrogens is 296 g/mol. The van der Waals surface area contributed by atoms with E-state index in [1.54, 1.807) is 12.1 Å². The number of hydrogen-bond acceptors (Lipinski definition) is 4. The maximum absolute atomic E-state index is 11.9. The third kappa shape index (κ3) is 5.63. The van der Waals surface area contributed by atoms with Gasteiger partial charge < -0.3 is 10.4 Å². The van der Waals surface area contributed by atoms with Crippen LogP contribution in [0.25, 0.3) is 0 Å². The second kappa shape index (κ2) is 8.06. The van der Waals surface area contributed by atoms with Crippen molar-refractivity contribution in [2.75, 3.05) is 6.54 Å². The van der Waals surface area contributed by atoms with Crippen molar-refractivity contribution in [2.45, 2.75) is 57.0 Å². The van der Waals surface area contributed by atoms with Gasteiger partial charge in [0.2, 0.25) is 5.91 Å². The standard InChI is InChI=1S/C17H24N2O4/c20-16(18-13-17(21)10-3-1-2-4-11-17)9-8-14-6-5-7-15(12-14)19(22)23/h5-7,12,21H,1-4,8-11,13H2,(H,18,20). The number of nitro benzene ring substituents is 1. The van der Waals surface area contributed by atoms with Crippen LogP contribution in [0.4, 0.5) is 5.69 Å². The largest absolute Gasteiger partial charge is 0.388 e. The van der Waals surface area contributed by atoms with Gasteiger partial charge in [-0.25, -0.2) is 0 Å². The Balaban J connectivity index is 1.78. The van der Waals surface area contributed by atoms with Gasteiger partial charge in [0.1, 0.15) is 0 Å². The predicted octanol–water partition coefficient (Wildman–Crippen LogP) is 2.73. The molecule has 2 rings (SSSR count). The number of nitro groups is 1. The first-order valence-corrected chi connectivity index (χ1v) is 8.21. The predicted molar refractivity (Wildman–Crippen MR) is 87.1 cm³/mol.